The molecule has 1 unspecified atom stereocenters. The number of hydrogen-bond donors (Lipinski definition) is 2. The average molecular weight is 331 g/mol. The first kappa shape index (κ1) is 15.4. The van der Waals surface area contributed by atoms with Gasteiger partial charge in [0.1, 0.15) is 0 Å². The van der Waals surface area contributed by atoms with Gasteiger partial charge in [-0.25, -0.2) is 0 Å². The Morgan fingerprint density at radius 3 is 2.67 bits per heavy atom. The van der Waals surface area contributed by atoms with Crippen molar-refractivity contribution < 1.29 is 4.74 Å². The van der Waals surface area contributed by atoms with E-state index in [1.165, 1.54) is 5.56 Å². The van der Waals surface area contributed by atoms with Gasteiger partial charge in [0.25, 0.3) is 0 Å². The summed E-state index contributed by atoms with van der Waals surface area (Å²) in [6.45, 7) is 3.66. The van der Waals surface area contributed by atoms with Crippen molar-refractivity contribution in [2.75, 3.05) is 20.3 Å². The molecule has 0 aliphatic rings. The zero-order chi connectivity index (χ0) is 13.4. The molecular formula is C13H19BrN2OS. The smallest absolute Gasteiger partial charge is 0.166 e. The number of methoxy groups -OCH3 is 1. The molecule has 0 saturated heterocycles. The van der Waals surface area contributed by atoms with Crippen molar-refractivity contribution in [2.24, 2.45) is 0 Å². The fourth-order valence-corrected chi connectivity index (χ4v) is 2.04. The minimum Gasteiger partial charge on any atom is -0.385 e. The highest BCUT2D eigenvalue weighted by atomic mass is 79.9. The van der Waals surface area contributed by atoms with E-state index in [1.807, 2.05) is 12.1 Å². The summed E-state index contributed by atoms with van der Waals surface area (Å²) in [7, 11) is 1.70. The van der Waals surface area contributed by atoms with Gasteiger partial charge in [0.15, 0.2) is 5.11 Å². The molecule has 2 N–H and O–H groups in total. The second-order valence-electron chi connectivity index (χ2n) is 4.02. The van der Waals surface area contributed by atoms with Gasteiger partial charge in [-0.2, -0.15) is 0 Å². The van der Waals surface area contributed by atoms with E-state index in [0.29, 0.717) is 5.11 Å². The third-order valence-corrected chi connectivity index (χ3v) is 3.32. The van der Waals surface area contributed by atoms with Gasteiger partial charge >= 0.3 is 0 Å². The molecule has 3 nitrogen and oxygen atoms in total. The summed E-state index contributed by atoms with van der Waals surface area (Å²) in [5.74, 6) is 0. The van der Waals surface area contributed by atoms with Crippen LogP contribution in [0.5, 0.6) is 0 Å². The molecule has 1 atom stereocenters. The summed E-state index contributed by atoms with van der Waals surface area (Å²) in [6.07, 6.45) is 0.949. The second kappa shape index (κ2) is 8.45. The number of rotatable bonds is 6. The topological polar surface area (TPSA) is 33.3 Å². The monoisotopic (exact) mass is 330 g/mol. The Morgan fingerprint density at radius 2 is 2.06 bits per heavy atom. The van der Waals surface area contributed by atoms with Gasteiger partial charge in [-0.3, -0.25) is 0 Å². The number of nitrogens with one attached hydrogen (secondary N) is 2. The van der Waals surface area contributed by atoms with Crippen molar-refractivity contribution >= 4 is 33.3 Å². The van der Waals surface area contributed by atoms with Crippen LogP contribution in [0.15, 0.2) is 28.7 Å². The van der Waals surface area contributed by atoms with Crippen LogP contribution in [0.2, 0.25) is 0 Å². The summed E-state index contributed by atoms with van der Waals surface area (Å²) in [6, 6.07) is 8.41. The average Bonchev–Trinajstić information content (AvgIpc) is 2.35. The number of benzene rings is 1. The van der Waals surface area contributed by atoms with Gasteiger partial charge < -0.3 is 15.4 Å². The minimum atomic E-state index is 0.195. The molecule has 0 bridgehead atoms. The van der Waals surface area contributed by atoms with E-state index >= 15 is 0 Å². The van der Waals surface area contributed by atoms with Gasteiger partial charge in [-0.1, -0.05) is 28.1 Å². The lowest BCUT2D eigenvalue weighted by atomic mass is 10.1. The molecule has 0 saturated carbocycles. The molecule has 0 spiro atoms. The summed E-state index contributed by atoms with van der Waals surface area (Å²) in [5.41, 5.74) is 1.21. The van der Waals surface area contributed by atoms with E-state index in [4.69, 9.17) is 17.0 Å². The van der Waals surface area contributed by atoms with Crippen molar-refractivity contribution in [1.29, 1.82) is 0 Å². The third-order valence-electron chi connectivity index (χ3n) is 2.53. The molecule has 0 aliphatic heterocycles. The molecule has 0 aliphatic carbocycles. The molecular weight excluding hydrogens is 312 g/mol. The highest BCUT2D eigenvalue weighted by Crippen LogP contribution is 2.16. The predicted octanol–water partition coefficient (Wildman–Crippen LogP) is 3.01. The van der Waals surface area contributed by atoms with Gasteiger partial charge in [-0.05, 0) is 43.3 Å². The van der Waals surface area contributed by atoms with Crippen LogP contribution in [0.4, 0.5) is 0 Å². The number of halogens is 1. The number of ether oxygens (including phenoxy) is 1. The maximum atomic E-state index is 5.23. The van der Waals surface area contributed by atoms with Crippen LogP contribution in [0, 0.1) is 0 Å². The van der Waals surface area contributed by atoms with E-state index < -0.39 is 0 Å². The third kappa shape index (κ3) is 5.80. The van der Waals surface area contributed by atoms with Crippen LogP contribution in [-0.4, -0.2) is 25.4 Å². The molecule has 0 amide bonds. The van der Waals surface area contributed by atoms with Crippen molar-refractivity contribution in [3.05, 3.63) is 34.3 Å². The molecule has 1 aromatic carbocycles. The SMILES string of the molecule is COCCCNC(=S)NC(C)c1ccc(Br)cc1. The van der Waals surface area contributed by atoms with Crippen molar-refractivity contribution in [3.8, 4) is 0 Å². The molecule has 5 heteroatoms. The Morgan fingerprint density at radius 1 is 1.39 bits per heavy atom. The molecule has 0 radical (unpaired) electrons. The van der Waals surface area contributed by atoms with E-state index in [0.717, 1.165) is 24.0 Å². The Kier molecular flexibility index (Phi) is 7.23. The fourth-order valence-electron chi connectivity index (χ4n) is 1.50. The highest BCUT2D eigenvalue weighted by Gasteiger charge is 2.06. The molecule has 18 heavy (non-hydrogen) atoms. The first-order chi connectivity index (χ1) is 8.63. The van der Waals surface area contributed by atoms with Gasteiger partial charge in [0.05, 0.1) is 6.04 Å². The molecule has 1 rings (SSSR count). The second-order valence-corrected chi connectivity index (χ2v) is 5.34. The van der Waals surface area contributed by atoms with Crippen molar-refractivity contribution in [2.45, 2.75) is 19.4 Å². The zero-order valence-corrected chi connectivity index (χ0v) is 13.1. The lowest BCUT2D eigenvalue weighted by Crippen LogP contribution is -2.37. The quantitative estimate of drug-likeness (QED) is 0.620. The van der Waals surface area contributed by atoms with E-state index in [2.05, 4.69) is 45.6 Å². The fraction of sp³-hybridized carbons (Fsp3) is 0.462. The van der Waals surface area contributed by atoms with E-state index in [1.54, 1.807) is 7.11 Å². The van der Waals surface area contributed by atoms with Gasteiger partial charge in [-0.15, -0.1) is 0 Å². The Labute approximate surface area is 122 Å². The van der Waals surface area contributed by atoms with Crippen LogP contribution < -0.4 is 10.6 Å². The molecule has 1 aromatic rings. The van der Waals surface area contributed by atoms with Crippen LogP contribution in [0.1, 0.15) is 24.9 Å². The Bertz CT molecular complexity index is 370. The standard InChI is InChI=1S/C13H19BrN2OS/c1-10(11-4-6-12(14)7-5-11)16-13(18)15-8-3-9-17-2/h4-7,10H,3,8-9H2,1-2H3,(H2,15,16,18). The van der Waals surface area contributed by atoms with E-state index in [-0.39, 0.29) is 6.04 Å². The first-order valence-corrected chi connectivity index (χ1v) is 7.12. The minimum absolute atomic E-state index is 0.195. The Balaban J connectivity index is 2.33. The lowest BCUT2D eigenvalue weighted by Gasteiger charge is -2.17. The molecule has 0 fully saturated rings. The first-order valence-electron chi connectivity index (χ1n) is 5.92. The summed E-state index contributed by atoms with van der Waals surface area (Å²) < 4.78 is 6.06. The van der Waals surface area contributed by atoms with Crippen LogP contribution in [0.3, 0.4) is 0 Å². The van der Waals surface area contributed by atoms with Crippen LogP contribution in [0.25, 0.3) is 0 Å². The highest BCUT2D eigenvalue weighted by molar-refractivity contribution is 9.10. The van der Waals surface area contributed by atoms with Crippen LogP contribution in [-0.2, 0) is 4.74 Å². The van der Waals surface area contributed by atoms with Crippen LogP contribution >= 0.6 is 28.1 Å². The normalized spacial score (nSPS) is 11.9. The summed E-state index contributed by atoms with van der Waals surface area (Å²) in [4.78, 5) is 0. The van der Waals surface area contributed by atoms with E-state index in [9.17, 15) is 0 Å². The summed E-state index contributed by atoms with van der Waals surface area (Å²) >= 11 is 8.66. The van der Waals surface area contributed by atoms with Crippen molar-refractivity contribution in [1.82, 2.24) is 10.6 Å². The number of thiocarbonyl (C=S) groups is 1. The Hall–Kier alpha value is -0.650. The molecule has 0 aromatic heterocycles. The van der Waals surface area contributed by atoms with Crippen molar-refractivity contribution in [3.63, 3.8) is 0 Å². The largest absolute Gasteiger partial charge is 0.385 e. The maximum absolute atomic E-state index is 5.23. The lowest BCUT2D eigenvalue weighted by molar-refractivity contribution is 0.195. The predicted molar refractivity (Wildman–Crippen MR) is 82.8 cm³/mol. The zero-order valence-electron chi connectivity index (χ0n) is 10.7. The molecule has 0 heterocycles. The number of hydrogen-bond acceptors (Lipinski definition) is 2. The molecule has 100 valence electrons. The maximum Gasteiger partial charge on any atom is 0.166 e. The summed E-state index contributed by atoms with van der Waals surface area (Å²) in [5, 5.41) is 7.10. The van der Waals surface area contributed by atoms with Gasteiger partial charge in [0.2, 0.25) is 0 Å². The van der Waals surface area contributed by atoms with Gasteiger partial charge in [0, 0.05) is 24.7 Å².